The van der Waals surface area contributed by atoms with Gasteiger partial charge in [-0.3, -0.25) is 0 Å². The van der Waals surface area contributed by atoms with Crippen LogP contribution in [-0.2, 0) is 18.9 Å². The van der Waals surface area contributed by atoms with Crippen molar-refractivity contribution < 1.29 is 18.9 Å². The van der Waals surface area contributed by atoms with Crippen molar-refractivity contribution in [2.75, 3.05) is 13.2 Å². The summed E-state index contributed by atoms with van der Waals surface area (Å²) in [4.78, 5) is 0. The van der Waals surface area contributed by atoms with Crippen molar-refractivity contribution >= 4 is 0 Å². The van der Waals surface area contributed by atoms with Crippen LogP contribution in [0.1, 0.15) is 48.0 Å². The Balaban J connectivity index is 2.03. The molecule has 0 heterocycles. The molecule has 0 aromatic rings. The molecule has 8 unspecified atom stereocenters. The summed E-state index contributed by atoms with van der Waals surface area (Å²) >= 11 is 0. The van der Waals surface area contributed by atoms with Gasteiger partial charge in [0.2, 0.25) is 0 Å². The van der Waals surface area contributed by atoms with Crippen molar-refractivity contribution in [3.63, 3.8) is 0 Å². The summed E-state index contributed by atoms with van der Waals surface area (Å²) in [6.07, 6.45) is 1.12. The van der Waals surface area contributed by atoms with Gasteiger partial charge < -0.3 is 18.9 Å². The molecule has 2 aliphatic rings. The highest BCUT2D eigenvalue weighted by molar-refractivity contribution is 5.05. The lowest BCUT2D eigenvalue weighted by Crippen LogP contribution is -2.46. The smallest absolute Gasteiger partial charge is 0.155 e. The molecule has 0 saturated heterocycles. The summed E-state index contributed by atoms with van der Waals surface area (Å²) in [6.45, 7) is 14.0. The quantitative estimate of drug-likeness (QED) is 0.643. The molecule has 21 heavy (non-hydrogen) atoms. The van der Waals surface area contributed by atoms with E-state index in [1.807, 2.05) is 27.7 Å². The summed E-state index contributed by atoms with van der Waals surface area (Å²) in [6, 6.07) is 0. The largest absolute Gasteiger partial charge is 0.353 e. The van der Waals surface area contributed by atoms with Crippen LogP contribution in [0.2, 0.25) is 0 Å². The van der Waals surface area contributed by atoms with E-state index in [0.717, 1.165) is 0 Å². The van der Waals surface area contributed by atoms with Gasteiger partial charge in [-0.2, -0.15) is 0 Å². The van der Waals surface area contributed by atoms with E-state index in [-0.39, 0.29) is 24.8 Å². The predicted octanol–water partition coefficient (Wildman–Crippen LogP) is 3.44. The van der Waals surface area contributed by atoms with Gasteiger partial charge in [0.1, 0.15) is 0 Å². The van der Waals surface area contributed by atoms with Gasteiger partial charge in [-0.15, -0.1) is 0 Å². The molecule has 0 amide bonds. The molecule has 0 N–H and O–H groups in total. The monoisotopic (exact) mass is 300 g/mol. The van der Waals surface area contributed by atoms with Crippen molar-refractivity contribution in [2.24, 2.45) is 23.7 Å². The Morgan fingerprint density at radius 3 is 1.52 bits per heavy atom. The van der Waals surface area contributed by atoms with E-state index in [1.54, 1.807) is 0 Å². The topological polar surface area (TPSA) is 36.9 Å². The minimum Gasteiger partial charge on any atom is -0.353 e. The highest BCUT2D eigenvalue weighted by Gasteiger charge is 2.57. The van der Waals surface area contributed by atoms with E-state index in [2.05, 4.69) is 13.8 Å². The molecule has 0 aliphatic heterocycles. The van der Waals surface area contributed by atoms with Gasteiger partial charge in [0.15, 0.2) is 12.6 Å². The fraction of sp³-hybridized carbons (Fsp3) is 1.00. The number of rotatable bonds is 8. The summed E-state index contributed by atoms with van der Waals surface area (Å²) in [7, 11) is 0. The summed E-state index contributed by atoms with van der Waals surface area (Å²) < 4.78 is 23.5. The lowest BCUT2D eigenvalue weighted by atomic mass is 9.78. The summed E-state index contributed by atoms with van der Waals surface area (Å²) in [5, 5.41) is 0. The Bertz CT molecular complexity index is 292. The van der Waals surface area contributed by atoms with Crippen molar-refractivity contribution in [1.29, 1.82) is 0 Å². The zero-order valence-electron chi connectivity index (χ0n) is 14.4. The van der Waals surface area contributed by atoms with Crippen molar-refractivity contribution in [2.45, 2.75) is 72.8 Å². The Labute approximate surface area is 129 Å². The van der Waals surface area contributed by atoms with Gasteiger partial charge in [0.25, 0.3) is 0 Å². The van der Waals surface area contributed by atoms with Crippen molar-refractivity contribution in [1.82, 2.24) is 0 Å². The van der Waals surface area contributed by atoms with Gasteiger partial charge in [0.05, 0.1) is 12.2 Å². The summed E-state index contributed by atoms with van der Waals surface area (Å²) in [5.74, 6) is 2.53. The van der Waals surface area contributed by atoms with E-state index in [9.17, 15) is 0 Å². The fourth-order valence-corrected chi connectivity index (χ4v) is 4.22. The molecule has 2 bridgehead atoms. The second-order valence-electron chi connectivity index (χ2n) is 6.53. The maximum atomic E-state index is 6.19. The van der Waals surface area contributed by atoms with Crippen LogP contribution in [0.4, 0.5) is 0 Å². The van der Waals surface area contributed by atoms with Crippen LogP contribution in [0.3, 0.4) is 0 Å². The number of hydrogen-bond donors (Lipinski definition) is 0. The van der Waals surface area contributed by atoms with Gasteiger partial charge >= 0.3 is 0 Å². The number of fused-ring (bicyclic) bond motifs is 2. The average molecular weight is 300 g/mol. The first-order valence-corrected chi connectivity index (χ1v) is 8.53. The van der Waals surface area contributed by atoms with Gasteiger partial charge in [-0.25, -0.2) is 0 Å². The first-order valence-electron chi connectivity index (χ1n) is 8.53. The molecule has 4 nitrogen and oxygen atoms in total. The van der Waals surface area contributed by atoms with Gasteiger partial charge in [0, 0.05) is 13.2 Å². The van der Waals surface area contributed by atoms with Crippen LogP contribution in [-0.4, -0.2) is 38.0 Å². The van der Waals surface area contributed by atoms with E-state index < -0.39 is 0 Å². The molecular weight excluding hydrogens is 268 g/mol. The molecular formula is C17H32O4. The lowest BCUT2D eigenvalue weighted by molar-refractivity contribution is -0.243. The van der Waals surface area contributed by atoms with E-state index >= 15 is 0 Å². The van der Waals surface area contributed by atoms with Crippen LogP contribution in [0.15, 0.2) is 0 Å². The minimum atomic E-state index is -0.171. The third-order valence-corrected chi connectivity index (χ3v) is 5.39. The minimum absolute atomic E-state index is 0.130. The second-order valence-corrected chi connectivity index (χ2v) is 6.53. The zero-order chi connectivity index (χ0) is 15.6. The number of hydrogen-bond acceptors (Lipinski definition) is 4. The van der Waals surface area contributed by atoms with Crippen LogP contribution < -0.4 is 0 Å². The van der Waals surface area contributed by atoms with Crippen LogP contribution >= 0.6 is 0 Å². The van der Waals surface area contributed by atoms with Crippen LogP contribution in [0, 0.1) is 23.7 Å². The molecule has 0 aromatic heterocycles. The first-order chi connectivity index (χ1) is 9.99. The van der Waals surface area contributed by atoms with Gasteiger partial charge in [-0.1, -0.05) is 13.8 Å². The highest BCUT2D eigenvalue weighted by Crippen LogP contribution is 2.54. The molecule has 2 fully saturated rings. The SMILES string of the molecule is CCOC(C)OC1C2CC(C(C)C2C)C1OC(C)OCC. The van der Waals surface area contributed by atoms with E-state index in [1.165, 1.54) is 6.42 Å². The molecule has 8 atom stereocenters. The van der Waals surface area contributed by atoms with Crippen LogP contribution in [0.25, 0.3) is 0 Å². The molecule has 2 aliphatic carbocycles. The maximum absolute atomic E-state index is 6.19. The maximum Gasteiger partial charge on any atom is 0.155 e. The molecule has 0 radical (unpaired) electrons. The normalized spacial score (nSPS) is 41.4. The Morgan fingerprint density at radius 2 is 1.19 bits per heavy atom. The highest BCUT2D eigenvalue weighted by atomic mass is 16.7. The fourth-order valence-electron chi connectivity index (χ4n) is 4.22. The standard InChI is InChI=1S/C17H32O4/c1-7-18-12(5)20-16-14-9-15(11(4)10(14)3)17(16)21-13(6)19-8-2/h10-17H,7-9H2,1-6H3. The van der Waals surface area contributed by atoms with Gasteiger partial charge in [-0.05, 0) is 57.8 Å². The van der Waals surface area contributed by atoms with Crippen molar-refractivity contribution in [3.05, 3.63) is 0 Å². The molecule has 2 saturated carbocycles. The van der Waals surface area contributed by atoms with E-state index in [4.69, 9.17) is 18.9 Å². The Morgan fingerprint density at radius 1 is 0.810 bits per heavy atom. The van der Waals surface area contributed by atoms with E-state index in [0.29, 0.717) is 36.9 Å². The molecule has 2 rings (SSSR count). The van der Waals surface area contributed by atoms with Crippen molar-refractivity contribution in [3.8, 4) is 0 Å². The Kier molecular flexibility index (Phi) is 6.06. The second kappa shape index (κ2) is 7.40. The molecule has 0 aromatic carbocycles. The number of ether oxygens (including phenoxy) is 4. The van der Waals surface area contributed by atoms with Crippen LogP contribution in [0.5, 0.6) is 0 Å². The average Bonchev–Trinajstić information content (AvgIpc) is 2.89. The lowest BCUT2D eigenvalue weighted by Gasteiger charge is -2.40. The Hall–Kier alpha value is -0.160. The first kappa shape index (κ1) is 17.2. The zero-order valence-corrected chi connectivity index (χ0v) is 14.4. The molecule has 0 spiro atoms. The third-order valence-electron chi connectivity index (χ3n) is 5.39. The molecule has 4 heteroatoms. The summed E-state index contributed by atoms with van der Waals surface area (Å²) in [5.41, 5.74) is 0. The predicted molar refractivity (Wildman–Crippen MR) is 81.8 cm³/mol. The molecule has 124 valence electrons. The third kappa shape index (κ3) is 3.61.